The van der Waals surface area contributed by atoms with Gasteiger partial charge in [-0.1, -0.05) is 60.7 Å². The summed E-state index contributed by atoms with van der Waals surface area (Å²) in [5.41, 5.74) is 2.32. The number of nitrogens with zero attached hydrogens (tertiary/aromatic N) is 1. The molecule has 3 aromatic rings. The van der Waals surface area contributed by atoms with Gasteiger partial charge in [-0.05, 0) is 11.1 Å². The molecule has 27 heavy (non-hydrogen) atoms. The Kier molecular flexibility index (Phi) is 6.57. The standard InChI is InChI=1S/C20H17ClN2O3S/c21-12-17(24)23-20-22-16(13-27-20)11-18(25)26-19(14-7-3-1-4-8-14)15-9-5-2-6-10-15/h1-10,13,19H,11-12H2,(H,22,23,24). The summed E-state index contributed by atoms with van der Waals surface area (Å²) in [4.78, 5) is 28.0. The van der Waals surface area contributed by atoms with Crippen LogP contribution in [0.15, 0.2) is 66.0 Å². The highest BCUT2D eigenvalue weighted by Gasteiger charge is 2.20. The summed E-state index contributed by atoms with van der Waals surface area (Å²) in [5, 5.41) is 4.68. The van der Waals surface area contributed by atoms with E-state index in [9.17, 15) is 9.59 Å². The second-order valence-electron chi connectivity index (χ2n) is 5.69. The predicted molar refractivity (Wildman–Crippen MR) is 106 cm³/mol. The third kappa shape index (κ3) is 5.39. The van der Waals surface area contributed by atoms with Crippen molar-refractivity contribution in [3.05, 3.63) is 82.9 Å². The fraction of sp³-hybridized carbons (Fsp3) is 0.150. The molecular formula is C20H17ClN2O3S. The zero-order valence-electron chi connectivity index (χ0n) is 14.3. The molecule has 1 aromatic heterocycles. The van der Waals surface area contributed by atoms with Gasteiger partial charge in [0.2, 0.25) is 5.91 Å². The summed E-state index contributed by atoms with van der Waals surface area (Å²) in [5.74, 6) is -0.881. The van der Waals surface area contributed by atoms with Crippen LogP contribution in [-0.4, -0.2) is 22.7 Å². The lowest BCUT2D eigenvalue weighted by atomic mass is 10.0. The van der Waals surface area contributed by atoms with E-state index in [1.54, 1.807) is 5.38 Å². The van der Waals surface area contributed by atoms with Crippen LogP contribution in [0.2, 0.25) is 0 Å². The number of aromatic nitrogens is 1. The van der Waals surface area contributed by atoms with Gasteiger partial charge in [0.05, 0.1) is 12.1 Å². The summed E-state index contributed by atoms with van der Waals surface area (Å²) in [7, 11) is 0. The number of amides is 1. The van der Waals surface area contributed by atoms with Crippen molar-refractivity contribution in [2.45, 2.75) is 12.5 Å². The Bertz CT molecular complexity index is 860. The molecule has 0 spiro atoms. The Morgan fingerprint density at radius 2 is 1.63 bits per heavy atom. The lowest BCUT2D eigenvalue weighted by Crippen LogP contribution is -2.15. The van der Waals surface area contributed by atoms with Crippen molar-refractivity contribution in [3.63, 3.8) is 0 Å². The molecule has 7 heteroatoms. The minimum Gasteiger partial charge on any atom is -0.452 e. The van der Waals surface area contributed by atoms with E-state index in [-0.39, 0.29) is 18.2 Å². The molecule has 0 saturated carbocycles. The van der Waals surface area contributed by atoms with Crippen molar-refractivity contribution in [3.8, 4) is 0 Å². The van der Waals surface area contributed by atoms with Crippen LogP contribution in [0.3, 0.4) is 0 Å². The van der Waals surface area contributed by atoms with Gasteiger partial charge in [-0.15, -0.1) is 22.9 Å². The van der Waals surface area contributed by atoms with Gasteiger partial charge in [-0.2, -0.15) is 0 Å². The number of hydrogen-bond acceptors (Lipinski definition) is 5. The van der Waals surface area contributed by atoms with Gasteiger partial charge in [-0.25, -0.2) is 4.98 Å². The maximum Gasteiger partial charge on any atom is 0.312 e. The molecule has 0 radical (unpaired) electrons. The van der Waals surface area contributed by atoms with Gasteiger partial charge in [0, 0.05) is 5.38 Å². The van der Waals surface area contributed by atoms with Gasteiger partial charge >= 0.3 is 5.97 Å². The molecule has 138 valence electrons. The summed E-state index contributed by atoms with van der Waals surface area (Å²) in [6, 6.07) is 19.2. The smallest absolute Gasteiger partial charge is 0.312 e. The Labute approximate surface area is 166 Å². The first-order valence-corrected chi connectivity index (χ1v) is 9.66. The molecule has 5 nitrogen and oxygen atoms in total. The molecule has 0 aliphatic rings. The normalized spacial score (nSPS) is 10.6. The first-order valence-electron chi connectivity index (χ1n) is 8.25. The molecule has 0 unspecified atom stereocenters. The Balaban J connectivity index is 1.71. The molecule has 1 heterocycles. The Morgan fingerprint density at radius 3 is 2.19 bits per heavy atom. The average Bonchev–Trinajstić information content (AvgIpc) is 3.14. The van der Waals surface area contributed by atoms with Gasteiger partial charge in [0.1, 0.15) is 5.88 Å². The monoisotopic (exact) mass is 400 g/mol. The van der Waals surface area contributed by atoms with Crippen LogP contribution in [0.4, 0.5) is 5.13 Å². The molecule has 0 aliphatic heterocycles. The van der Waals surface area contributed by atoms with Crippen LogP contribution < -0.4 is 5.32 Å². The highest BCUT2D eigenvalue weighted by molar-refractivity contribution is 7.14. The average molecular weight is 401 g/mol. The number of carbonyl (C=O) groups excluding carboxylic acids is 2. The number of benzene rings is 2. The van der Waals surface area contributed by atoms with Crippen LogP contribution in [0.25, 0.3) is 0 Å². The molecule has 0 bridgehead atoms. The van der Waals surface area contributed by atoms with Gasteiger partial charge in [-0.3, -0.25) is 9.59 Å². The lowest BCUT2D eigenvalue weighted by Gasteiger charge is -2.18. The Morgan fingerprint density at radius 1 is 1.04 bits per heavy atom. The number of esters is 1. The van der Waals surface area contributed by atoms with E-state index in [1.165, 1.54) is 11.3 Å². The van der Waals surface area contributed by atoms with Crippen LogP contribution in [0, 0.1) is 0 Å². The first kappa shape index (κ1) is 19.1. The second-order valence-corrected chi connectivity index (χ2v) is 6.82. The topological polar surface area (TPSA) is 68.3 Å². The summed E-state index contributed by atoms with van der Waals surface area (Å²) < 4.78 is 5.76. The Hall–Kier alpha value is -2.70. The third-order valence-corrected chi connectivity index (χ3v) is 4.75. The molecule has 0 aliphatic carbocycles. The minimum atomic E-state index is -0.492. The molecular weight excluding hydrogens is 384 g/mol. The van der Waals surface area contributed by atoms with E-state index in [2.05, 4.69) is 10.3 Å². The van der Waals surface area contributed by atoms with Gasteiger partial charge in [0.25, 0.3) is 0 Å². The van der Waals surface area contributed by atoms with Crippen molar-refractivity contribution >= 4 is 39.9 Å². The van der Waals surface area contributed by atoms with E-state index < -0.39 is 12.1 Å². The van der Waals surface area contributed by atoms with Crippen molar-refractivity contribution in [2.24, 2.45) is 0 Å². The number of alkyl halides is 1. The fourth-order valence-electron chi connectivity index (χ4n) is 2.50. The van der Waals surface area contributed by atoms with Crippen molar-refractivity contribution < 1.29 is 14.3 Å². The zero-order chi connectivity index (χ0) is 19.1. The van der Waals surface area contributed by atoms with E-state index in [4.69, 9.17) is 16.3 Å². The van der Waals surface area contributed by atoms with Crippen LogP contribution in [0.5, 0.6) is 0 Å². The summed E-state index contributed by atoms with van der Waals surface area (Å²) in [6.45, 7) is 0. The van der Waals surface area contributed by atoms with Crippen molar-refractivity contribution in [2.75, 3.05) is 11.2 Å². The predicted octanol–water partition coefficient (Wildman–Crippen LogP) is 4.20. The van der Waals surface area contributed by atoms with Crippen LogP contribution in [0.1, 0.15) is 22.9 Å². The fourth-order valence-corrected chi connectivity index (χ4v) is 3.30. The number of anilines is 1. The zero-order valence-corrected chi connectivity index (χ0v) is 15.9. The number of rotatable bonds is 7. The van der Waals surface area contributed by atoms with Gasteiger partial charge < -0.3 is 10.1 Å². The van der Waals surface area contributed by atoms with E-state index in [0.717, 1.165) is 11.1 Å². The number of nitrogens with one attached hydrogen (secondary N) is 1. The highest BCUT2D eigenvalue weighted by atomic mass is 35.5. The lowest BCUT2D eigenvalue weighted by molar-refractivity contribution is -0.146. The molecule has 0 saturated heterocycles. The van der Waals surface area contributed by atoms with E-state index >= 15 is 0 Å². The molecule has 0 atom stereocenters. The summed E-state index contributed by atoms with van der Waals surface area (Å²) in [6.07, 6.45) is -0.474. The number of thiazole rings is 1. The maximum atomic E-state index is 12.5. The first-order chi connectivity index (χ1) is 13.2. The number of halogens is 1. The number of hydrogen-bond donors (Lipinski definition) is 1. The third-order valence-electron chi connectivity index (χ3n) is 3.70. The quantitative estimate of drug-likeness (QED) is 0.476. The minimum absolute atomic E-state index is 0.0173. The van der Waals surface area contributed by atoms with Crippen molar-refractivity contribution in [1.29, 1.82) is 0 Å². The second kappa shape index (κ2) is 9.30. The molecule has 1 amide bonds. The molecule has 3 rings (SSSR count). The van der Waals surface area contributed by atoms with Crippen LogP contribution in [-0.2, 0) is 20.7 Å². The van der Waals surface area contributed by atoms with Crippen LogP contribution >= 0.6 is 22.9 Å². The number of carbonyl (C=O) groups is 2. The SMILES string of the molecule is O=C(CCl)Nc1nc(CC(=O)OC(c2ccccc2)c2ccccc2)cs1. The van der Waals surface area contributed by atoms with Crippen molar-refractivity contribution in [1.82, 2.24) is 4.98 Å². The molecule has 1 N–H and O–H groups in total. The van der Waals surface area contributed by atoms with E-state index in [1.807, 2.05) is 60.7 Å². The largest absolute Gasteiger partial charge is 0.452 e. The summed E-state index contributed by atoms with van der Waals surface area (Å²) >= 11 is 6.69. The number of ether oxygens (including phenoxy) is 1. The molecule has 2 aromatic carbocycles. The maximum absolute atomic E-state index is 12.5. The van der Waals surface area contributed by atoms with Gasteiger partial charge in [0.15, 0.2) is 11.2 Å². The van der Waals surface area contributed by atoms with E-state index in [0.29, 0.717) is 10.8 Å². The molecule has 0 fully saturated rings. The highest BCUT2D eigenvalue weighted by Crippen LogP contribution is 2.26.